The smallest absolute Gasteiger partial charge is 0.218 e. The maximum Gasteiger partial charge on any atom is 0.218 e. The molecular weight excluding hydrogens is 466 g/mol. The molecule has 0 N–H and O–H groups in total. The van der Waals surface area contributed by atoms with Gasteiger partial charge in [-0.25, -0.2) is 0 Å². The van der Waals surface area contributed by atoms with Crippen LogP contribution in [0.2, 0.25) is 0 Å². The summed E-state index contributed by atoms with van der Waals surface area (Å²) in [6.07, 6.45) is 9.17. The molecule has 1 aromatic carbocycles. The Labute approximate surface area is 219 Å². The average Bonchev–Trinajstić information content (AvgIpc) is 3.61. The lowest BCUT2D eigenvalue weighted by Gasteiger charge is -2.40. The number of hydrogen-bond donors (Lipinski definition) is 0. The van der Waals surface area contributed by atoms with Gasteiger partial charge in [0.2, 0.25) is 10.3 Å². The topological polar surface area (TPSA) is 43.7 Å². The van der Waals surface area contributed by atoms with Gasteiger partial charge in [0.1, 0.15) is 0 Å². The number of hydrogen-bond acceptors (Lipinski definition) is 7. The Balaban J connectivity index is 1.02. The van der Waals surface area contributed by atoms with Crippen molar-refractivity contribution in [1.82, 2.24) is 29.5 Å². The monoisotopic (exact) mass is 505 g/mol. The average molecular weight is 506 g/mol. The standard InChI is InChI=1S/C28H39N7S/c1-3-8-24(9-4-1)22-31-14-16-32(17-15-31)23-26-12-7-13-35(26)28-30-29-27(36-28)34-20-18-33(19-21-34)25-10-5-2-6-11-25/h1,3-4,7-9,12-13,25H,2,5-6,10-11,14-23H2. The summed E-state index contributed by atoms with van der Waals surface area (Å²) < 4.78 is 2.25. The highest BCUT2D eigenvalue weighted by Gasteiger charge is 2.27. The van der Waals surface area contributed by atoms with Gasteiger partial charge < -0.3 is 4.90 Å². The minimum atomic E-state index is 0.813. The van der Waals surface area contributed by atoms with Crippen molar-refractivity contribution in [3.63, 3.8) is 0 Å². The molecule has 3 fully saturated rings. The molecule has 0 unspecified atom stereocenters. The van der Waals surface area contributed by atoms with Gasteiger partial charge in [0.25, 0.3) is 0 Å². The lowest BCUT2D eigenvalue weighted by Crippen LogP contribution is -2.50. The van der Waals surface area contributed by atoms with Crippen LogP contribution in [0.15, 0.2) is 48.7 Å². The van der Waals surface area contributed by atoms with Crippen molar-refractivity contribution in [1.29, 1.82) is 0 Å². The number of benzene rings is 1. The predicted molar refractivity (Wildman–Crippen MR) is 147 cm³/mol. The number of piperazine rings is 2. The van der Waals surface area contributed by atoms with Crippen LogP contribution in [0.5, 0.6) is 0 Å². The molecule has 0 amide bonds. The third-order valence-electron chi connectivity index (χ3n) is 8.22. The van der Waals surface area contributed by atoms with E-state index in [9.17, 15) is 0 Å². The van der Waals surface area contributed by atoms with Crippen LogP contribution >= 0.6 is 11.3 Å². The molecule has 0 bridgehead atoms. The van der Waals surface area contributed by atoms with Crippen molar-refractivity contribution in [3.8, 4) is 5.13 Å². The highest BCUT2D eigenvalue weighted by molar-refractivity contribution is 7.17. The second-order valence-electron chi connectivity index (χ2n) is 10.6. The van der Waals surface area contributed by atoms with E-state index in [0.29, 0.717) is 0 Å². The molecule has 2 aliphatic heterocycles. The molecule has 36 heavy (non-hydrogen) atoms. The van der Waals surface area contributed by atoms with Crippen LogP contribution in [0.1, 0.15) is 43.4 Å². The fourth-order valence-corrected chi connectivity index (χ4v) is 6.98. The normalized spacial score (nSPS) is 21.3. The van der Waals surface area contributed by atoms with Crippen molar-refractivity contribution in [2.75, 3.05) is 57.3 Å². The van der Waals surface area contributed by atoms with Crippen LogP contribution in [-0.2, 0) is 13.1 Å². The zero-order valence-corrected chi connectivity index (χ0v) is 22.2. The Hall–Kier alpha value is -2.26. The summed E-state index contributed by atoms with van der Waals surface area (Å²) >= 11 is 1.73. The highest BCUT2D eigenvalue weighted by atomic mass is 32.1. The van der Waals surface area contributed by atoms with Crippen molar-refractivity contribution >= 4 is 16.5 Å². The fraction of sp³-hybridized carbons (Fsp3) is 0.571. The molecule has 0 atom stereocenters. The van der Waals surface area contributed by atoms with E-state index < -0.39 is 0 Å². The Morgan fingerprint density at radius 3 is 2.14 bits per heavy atom. The molecular formula is C28H39N7S. The number of anilines is 1. The highest BCUT2D eigenvalue weighted by Crippen LogP contribution is 2.28. The van der Waals surface area contributed by atoms with Crippen molar-refractivity contribution in [2.45, 2.75) is 51.2 Å². The van der Waals surface area contributed by atoms with Crippen LogP contribution in [-0.4, -0.2) is 87.9 Å². The summed E-state index contributed by atoms with van der Waals surface area (Å²) in [6.45, 7) is 10.9. The summed E-state index contributed by atoms with van der Waals surface area (Å²) in [5.74, 6) is 0. The molecule has 1 aliphatic carbocycles. The maximum absolute atomic E-state index is 4.61. The van der Waals surface area contributed by atoms with Crippen LogP contribution in [0.3, 0.4) is 0 Å². The molecule has 0 radical (unpaired) electrons. The molecule has 192 valence electrons. The van der Waals surface area contributed by atoms with Gasteiger partial charge in [-0.15, -0.1) is 10.2 Å². The Morgan fingerprint density at radius 2 is 1.39 bits per heavy atom. The van der Waals surface area contributed by atoms with E-state index in [1.165, 1.54) is 43.4 Å². The first-order valence-electron chi connectivity index (χ1n) is 13.8. The zero-order chi connectivity index (χ0) is 24.2. The fourth-order valence-electron chi connectivity index (χ4n) is 6.07. The molecule has 1 saturated carbocycles. The summed E-state index contributed by atoms with van der Waals surface area (Å²) in [7, 11) is 0. The summed E-state index contributed by atoms with van der Waals surface area (Å²) in [5.41, 5.74) is 2.71. The Morgan fingerprint density at radius 1 is 0.694 bits per heavy atom. The maximum atomic E-state index is 4.61. The van der Waals surface area contributed by atoms with Crippen molar-refractivity contribution < 1.29 is 0 Å². The second kappa shape index (κ2) is 11.4. The molecule has 0 spiro atoms. The lowest BCUT2D eigenvalue weighted by molar-refractivity contribution is 0.120. The molecule has 2 saturated heterocycles. The van der Waals surface area contributed by atoms with Gasteiger partial charge in [-0.05, 0) is 30.5 Å². The van der Waals surface area contributed by atoms with E-state index in [-0.39, 0.29) is 0 Å². The van der Waals surface area contributed by atoms with E-state index in [0.717, 1.165) is 81.8 Å². The Kier molecular flexibility index (Phi) is 7.65. The van der Waals surface area contributed by atoms with E-state index in [1.807, 2.05) is 0 Å². The third-order valence-corrected chi connectivity index (χ3v) is 9.20. The molecule has 2 aromatic heterocycles. The number of nitrogens with zero attached hydrogens (tertiary/aromatic N) is 7. The molecule has 3 aromatic rings. The van der Waals surface area contributed by atoms with Crippen LogP contribution in [0.25, 0.3) is 5.13 Å². The molecule has 8 heteroatoms. The largest absolute Gasteiger partial charge is 0.344 e. The zero-order valence-electron chi connectivity index (χ0n) is 21.3. The summed E-state index contributed by atoms with van der Waals surface area (Å²) in [4.78, 5) is 10.3. The van der Waals surface area contributed by atoms with Gasteiger partial charge in [-0.2, -0.15) is 0 Å². The van der Waals surface area contributed by atoms with Gasteiger partial charge in [-0.3, -0.25) is 19.3 Å². The first kappa shape index (κ1) is 24.1. The third kappa shape index (κ3) is 5.67. The van der Waals surface area contributed by atoms with E-state index in [1.54, 1.807) is 11.3 Å². The minimum absolute atomic E-state index is 0.813. The minimum Gasteiger partial charge on any atom is -0.344 e. The second-order valence-corrected chi connectivity index (χ2v) is 11.5. The lowest BCUT2D eigenvalue weighted by atomic mass is 9.94. The first-order valence-corrected chi connectivity index (χ1v) is 14.6. The van der Waals surface area contributed by atoms with Gasteiger partial charge in [0, 0.05) is 83.4 Å². The molecule has 4 heterocycles. The molecule has 3 aliphatic rings. The first-order chi connectivity index (χ1) is 17.8. The van der Waals surface area contributed by atoms with Gasteiger partial charge in [-0.1, -0.05) is 60.9 Å². The van der Waals surface area contributed by atoms with E-state index >= 15 is 0 Å². The van der Waals surface area contributed by atoms with E-state index in [4.69, 9.17) is 0 Å². The summed E-state index contributed by atoms with van der Waals surface area (Å²) in [6, 6.07) is 16.0. The Bertz CT molecular complexity index is 1070. The van der Waals surface area contributed by atoms with Gasteiger partial charge >= 0.3 is 0 Å². The van der Waals surface area contributed by atoms with E-state index in [2.05, 4.69) is 83.0 Å². The van der Waals surface area contributed by atoms with Gasteiger partial charge in [0.05, 0.1) is 0 Å². The number of rotatable bonds is 7. The van der Waals surface area contributed by atoms with Crippen molar-refractivity contribution in [2.24, 2.45) is 0 Å². The SMILES string of the molecule is c1ccc(CN2CCN(Cc3cccn3-c3nnc(N4CCN(C5CCCCC5)CC4)s3)CC2)cc1. The molecule has 6 rings (SSSR count). The summed E-state index contributed by atoms with van der Waals surface area (Å²) in [5, 5.41) is 11.3. The van der Waals surface area contributed by atoms with Crippen LogP contribution < -0.4 is 4.90 Å². The van der Waals surface area contributed by atoms with Gasteiger partial charge in [0.15, 0.2) is 0 Å². The number of aromatic nitrogens is 3. The molecule has 7 nitrogen and oxygen atoms in total. The van der Waals surface area contributed by atoms with Crippen molar-refractivity contribution in [3.05, 3.63) is 59.9 Å². The predicted octanol–water partition coefficient (Wildman–Crippen LogP) is 4.10. The quantitative estimate of drug-likeness (QED) is 0.482. The van der Waals surface area contributed by atoms with Crippen LogP contribution in [0, 0.1) is 0 Å². The van der Waals surface area contributed by atoms with Crippen LogP contribution in [0.4, 0.5) is 5.13 Å².